The molecule has 1 N–H and O–H groups in total. The van der Waals surface area contributed by atoms with Crippen LogP contribution in [0.3, 0.4) is 0 Å². The molecule has 0 spiro atoms. The fourth-order valence-electron chi connectivity index (χ4n) is 2.32. The molecule has 0 bridgehead atoms. The molecule has 0 saturated carbocycles. The monoisotopic (exact) mass is 367 g/mol. The van der Waals surface area contributed by atoms with E-state index >= 15 is 0 Å². The van der Waals surface area contributed by atoms with Gasteiger partial charge in [0.15, 0.2) is 0 Å². The molecule has 0 aliphatic heterocycles. The third-order valence-corrected chi connectivity index (χ3v) is 4.09. The van der Waals surface area contributed by atoms with Gasteiger partial charge in [0.2, 0.25) is 5.91 Å². The molecule has 4 nitrogen and oxygen atoms in total. The van der Waals surface area contributed by atoms with Gasteiger partial charge < -0.3 is 0 Å². The number of hydrogen-bond donors (Lipinski definition) is 1. The number of hydrogen-bond acceptors (Lipinski definition) is 3. The summed E-state index contributed by atoms with van der Waals surface area (Å²) in [5.74, 6) is -0.155. The second-order valence-electron chi connectivity index (χ2n) is 5.01. The first-order valence-electron chi connectivity index (χ1n) is 7.12. The zero-order chi connectivity index (χ0) is 16.1. The molecule has 3 rings (SSSR count). The van der Waals surface area contributed by atoms with E-state index in [1.165, 1.54) is 0 Å². The lowest BCUT2D eigenvalue weighted by Gasteiger charge is -2.07. The molecule has 1 amide bonds. The molecule has 3 aromatic rings. The fraction of sp³-hybridized carbons (Fsp3) is 0.0556. The number of halogens is 1. The second-order valence-corrected chi connectivity index (χ2v) is 5.86. The van der Waals surface area contributed by atoms with E-state index in [2.05, 4.69) is 31.4 Å². The molecule has 5 heteroatoms. The Morgan fingerprint density at radius 3 is 2.74 bits per heavy atom. The van der Waals surface area contributed by atoms with E-state index in [0.717, 1.165) is 26.4 Å². The number of aromatic nitrogens is 1. The Morgan fingerprint density at radius 2 is 1.96 bits per heavy atom. The minimum absolute atomic E-state index is 0.155. The minimum atomic E-state index is -0.155. The highest BCUT2D eigenvalue weighted by Gasteiger charge is 2.08. The fourth-order valence-corrected chi connectivity index (χ4v) is 2.80. The molecule has 2 aromatic carbocycles. The minimum Gasteiger partial charge on any atom is -0.273 e. The molecule has 23 heavy (non-hydrogen) atoms. The Labute approximate surface area is 142 Å². The number of carbonyl (C=O) groups is 1. The summed E-state index contributed by atoms with van der Waals surface area (Å²) in [6, 6.07) is 15.6. The highest BCUT2D eigenvalue weighted by Crippen LogP contribution is 2.27. The Bertz CT molecular complexity index is 863. The van der Waals surface area contributed by atoms with E-state index in [-0.39, 0.29) is 12.3 Å². The lowest BCUT2D eigenvalue weighted by Crippen LogP contribution is -2.19. The number of benzene rings is 2. The van der Waals surface area contributed by atoms with Crippen molar-refractivity contribution >= 4 is 38.8 Å². The van der Waals surface area contributed by atoms with Crippen molar-refractivity contribution in [3.05, 3.63) is 76.5 Å². The van der Waals surface area contributed by atoms with Crippen LogP contribution in [0.2, 0.25) is 0 Å². The van der Waals surface area contributed by atoms with Crippen molar-refractivity contribution in [1.29, 1.82) is 0 Å². The molecule has 114 valence electrons. The van der Waals surface area contributed by atoms with Gasteiger partial charge in [-0.05, 0) is 28.5 Å². The van der Waals surface area contributed by atoms with Gasteiger partial charge in [0.25, 0.3) is 0 Å². The van der Waals surface area contributed by atoms with Crippen LogP contribution in [-0.4, -0.2) is 17.1 Å². The first-order chi connectivity index (χ1) is 11.2. The van der Waals surface area contributed by atoms with Crippen LogP contribution in [0.5, 0.6) is 0 Å². The molecule has 1 heterocycles. The number of carbonyl (C=O) groups excluding carboxylic acids is 1. The van der Waals surface area contributed by atoms with Crippen LogP contribution < -0.4 is 5.43 Å². The van der Waals surface area contributed by atoms with Gasteiger partial charge in [-0.1, -0.05) is 52.3 Å². The number of nitrogens with one attached hydrogen (secondary N) is 1. The van der Waals surface area contributed by atoms with Crippen molar-refractivity contribution in [2.24, 2.45) is 5.10 Å². The SMILES string of the molecule is O=C(Cc1ccc(Br)c2ccccc12)N/N=C\c1cccnc1. The number of amides is 1. The van der Waals surface area contributed by atoms with E-state index < -0.39 is 0 Å². The Balaban J connectivity index is 1.71. The summed E-state index contributed by atoms with van der Waals surface area (Å²) in [6.07, 6.45) is 5.22. The molecule has 0 aliphatic rings. The maximum absolute atomic E-state index is 12.1. The van der Waals surface area contributed by atoms with Gasteiger partial charge >= 0.3 is 0 Å². The third-order valence-electron chi connectivity index (χ3n) is 3.40. The summed E-state index contributed by atoms with van der Waals surface area (Å²) < 4.78 is 1.02. The highest BCUT2D eigenvalue weighted by molar-refractivity contribution is 9.10. The van der Waals surface area contributed by atoms with E-state index in [0.29, 0.717) is 0 Å². The Hall–Kier alpha value is -2.53. The predicted octanol–water partition coefficient (Wildman–Crippen LogP) is 3.69. The van der Waals surface area contributed by atoms with Crippen molar-refractivity contribution in [2.75, 3.05) is 0 Å². The Morgan fingerprint density at radius 1 is 1.13 bits per heavy atom. The topological polar surface area (TPSA) is 54.4 Å². The first kappa shape index (κ1) is 15.4. The van der Waals surface area contributed by atoms with Crippen LogP contribution in [0, 0.1) is 0 Å². The molecule has 0 saturated heterocycles. The number of fused-ring (bicyclic) bond motifs is 1. The van der Waals surface area contributed by atoms with E-state index in [1.54, 1.807) is 18.6 Å². The van der Waals surface area contributed by atoms with Gasteiger partial charge in [-0.3, -0.25) is 9.78 Å². The molecule has 1 aromatic heterocycles. The van der Waals surface area contributed by atoms with Crippen molar-refractivity contribution in [3.63, 3.8) is 0 Å². The second kappa shape index (κ2) is 7.15. The first-order valence-corrected chi connectivity index (χ1v) is 7.91. The quantitative estimate of drug-likeness (QED) is 0.564. The van der Waals surface area contributed by atoms with Gasteiger partial charge in [-0.25, -0.2) is 5.43 Å². The van der Waals surface area contributed by atoms with Crippen LogP contribution in [0.4, 0.5) is 0 Å². The van der Waals surface area contributed by atoms with E-state index in [4.69, 9.17) is 0 Å². The average molecular weight is 368 g/mol. The van der Waals surface area contributed by atoms with Gasteiger partial charge in [-0.2, -0.15) is 5.10 Å². The maximum atomic E-state index is 12.1. The molecule has 0 fully saturated rings. The van der Waals surface area contributed by atoms with Crippen LogP contribution in [0.25, 0.3) is 10.8 Å². The standard InChI is InChI=1S/C18H14BrN3O/c19-17-8-7-14(15-5-1-2-6-16(15)17)10-18(23)22-21-12-13-4-3-9-20-11-13/h1-9,11-12H,10H2,(H,22,23)/b21-12-. The van der Waals surface area contributed by atoms with E-state index in [9.17, 15) is 4.79 Å². The summed E-state index contributed by atoms with van der Waals surface area (Å²) in [7, 11) is 0. The van der Waals surface area contributed by atoms with Gasteiger partial charge in [0.05, 0.1) is 12.6 Å². The summed E-state index contributed by atoms with van der Waals surface area (Å²) >= 11 is 3.54. The van der Waals surface area contributed by atoms with Crippen molar-refractivity contribution in [1.82, 2.24) is 10.4 Å². The Kier molecular flexibility index (Phi) is 4.78. The summed E-state index contributed by atoms with van der Waals surface area (Å²) in [4.78, 5) is 16.1. The zero-order valence-electron chi connectivity index (χ0n) is 12.2. The highest BCUT2D eigenvalue weighted by atomic mass is 79.9. The van der Waals surface area contributed by atoms with Gasteiger partial charge in [-0.15, -0.1) is 0 Å². The predicted molar refractivity (Wildman–Crippen MR) is 95.3 cm³/mol. The molecular formula is C18H14BrN3O. The number of nitrogens with zero attached hydrogens (tertiary/aromatic N) is 2. The zero-order valence-corrected chi connectivity index (χ0v) is 13.8. The van der Waals surface area contributed by atoms with Crippen molar-refractivity contribution in [2.45, 2.75) is 6.42 Å². The summed E-state index contributed by atoms with van der Waals surface area (Å²) in [6.45, 7) is 0. The van der Waals surface area contributed by atoms with Crippen molar-refractivity contribution in [3.8, 4) is 0 Å². The van der Waals surface area contributed by atoms with Crippen LogP contribution in [0.1, 0.15) is 11.1 Å². The normalized spacial score (nSPS) is 11.0. The lowest BCUT2D eigenvalue weighted by molar-refractivity contribution is -0.120. The van der Waals surface area contributed by atoms with Crippen molar-refractivity contribution < 1.29 is 4.79 Å². The molecule has 0 unspecified atom stereocenters. The van der Waals surface area contributed by atoms with Crippen LogP contribution in [-0.2, 0) is 11.2 Å². The summed E-state index contributed by atoms with van der Waals surface area (Å²) in [5, 5.41) is 6.12. The molecule has 0 aliphatic carbocycles. The molecular weight excluding hydrogens is 354 g/mol. The largest absolute Gasteiger partial charge is 0.273 e. The average Bonchev–Trinajstić information content (AvgIpc) is 2.59. The van der Waals surface area contributed by atoms with Crippen LogP contribution in [0.15, 0.2) is 70.5 Å². The van der Waals surface area contributed by atoms with Gasteiger partial charge in [0, 0.05) is 22.4 Å². The van der Waals surface area contributed by atoms with Crippen LogP contribution >= 0.6 is 15.9 Å². The molecule has 0 radical (unpaired) electrons. The maximum Gasteiger partial charge on any atom is 0.244 e. The van der Waals surface area contributed by atoms with E-state index in [1.807, 2.05) is 48.5 Å². The smallest absolute Gasteiger partial charge is 0.244 e. The third kappa shape index (κ3) is 3.81. The van der Waals surface area contributed by atoms with Gasteiger partial charge in [0.1, 0.15) is 0 Å². The number of pyridine rings is 1. The number of hydrazone groups is 1. The number of rotatable bonds is 4. The summed E-state index contributed by atoms with van der Waals surface area (Å²) in [5.41, 5.74) is 4.36. The lowest BCUT2D eigenvalue weighted by atomic mass is 10.0. The molecule has 0 atom stereocenters.